The van der Waals surface area contributed by atoms with Crippen LogP contribution in [-0.2, 0) is 0 Å². The molecule has 2 heterocycles. The summed E-state index contributed by atoms with van der Waals surface area (Å²) in [7, 11) is 0. The van der Waals surface area contributed by atoms with Crippen molar-refractivity contribution in [3.05, 3.63) is 29.8 Å². The van der Waals surface area contributed by atoms with E-state index >= 15 is 0 Å². The Morgan fingerprint density at radius 1 is 1.29 bits per heavy atom. The molecule has 0 spiro atoms. The fourth-order valence-corrected chi connectivity index (χ4v) is 3.99. The van der Waals surface area contributed by atoms with Crippen LogP contribution < -0.4 is 10.1 Å². The molecule has 0 amide bonds. The lowest BCUT2D eigenvalue weighted by Crippen LogP contribution is -2.61. The second-order valence-corrected chi connectivity index (χ2v) is 6.43. The van der Waals surface area contributed by atoms with Crippen LogP contribution in [0, 0.1) is 0 Å². The van der Waals surface area contributed by atoms with Crippen LogP contribution in [0.25, 0.3) is 0 Å². The molecular weight excluding hydrogens is 260 g/mol. The average molecular weight is 288 g/mol. The minimum atomic E-state index is 0.339. The molecule has 0 bridgehead atoms. The van der Waals surface area contributed by atoms with E-state index in [1.807, 2.05) is 0 Å². The van der Waals surface area contributed by atoms with E-state index in [1.165, 1.54) is 31.5 Å². The summed E-state index contributed by atoms with van der Waals surface area (Å²) < 4.78 is 5.82. The van der Waals surface area contributed by atoms with Crippen molar-refractivity contribution in [3.63, 3.8) is 0 Å². The predicted octanol–water partition coefficient (Wildman–Crippen LogP) is 3.02. The molecule has 21 heavy (non-hydrogen) atoms. The maximum atomic E-state index is 5.82. The van der Waals surface area contributed by atoms with E-state index in [-0.39, 0.29) is 0 Å². The van der Waals surface area contributed by atoms with Crippen molar-refractivity contribution in [2.45, 2.75) is 44.6 Å². The molecule has 3 nitrogen and oxygen atoms in total. The summed E-state index contributed by atoms with van der Waals surface area (Å²) in [5, 5.41) is 3.60. The van der Waals surface area contributed by atoms with Gasteiger partial charge in [-0.15, -0.1) is 0 Å². The van der Waals surface area contributed by atoms with Gasteiger partial charge in [0.1, 0.15) is 5.75 Å². The molecule has 0 aliphatic carbocycles. The fourth-order valence-electron chi connectivity index (χ4n) is 3.99. The molecule has 1 fully saturated rings. The highest BCUT2D eigenvalue weighted by atomic mass is 16.5. The summed E-state index contributed by atoms with van der Waals surface area (Å²) in [6, 6.07) is 8.59. The normalized spacial score (nSPS) is 25.1. The molecule has 1 unspecified atom stereocenters. The first-order valence-corrected chi connectivity index (χ1v) is 8.46. The van der Waals surface area contributed by atoms with Crippen molar-refractivity contribution in [2.75, 3.05) is 32.8 Å². The topological polar surface area (TPSA) is 24.5 Å². The van der Waals surface area contributed by atoms with Crippen LogP contribution in [0.1, 0.15) is 44.6 Å². The van der Waals surface area contributed by atoms with E-state index in [9.17, 15) is 0 Å². The van der Waals surface area contributed by atoms with Crippen LogP contribution in [0.4, 0.5) is 0 Å². The van der Waals surface area contributed by atoms with Gasteiger partial charge in [0, 0.05) is 37.6 Å². The zero-order valence-corrected chi connectivity index (χ0v) is 13.4. The summed E-state index contributed by atoms with van der Waals surface area (Å²) in [4.78, 5) is 2.75. The maximum Gasteiger partial charge on any atom is 0.122 e. The number of benzene rings is 1. The Balaban J connectivity index is 1.79. The van der Waals surface area contributed by atoms with Crippen LogP contribution in [0.3, 0.4) is 0 Å². The Hall–Kier alpha value is -1.06. The van der Waals surface area contributed by atoms with Gasteiger partial charge in [0.05, 0.1) is 6.61 Å². The lowest BCUT2D eigenvalue weighted by molar-refractivity contribution is 0.0420. The van der Waals surface area contributed by atoms with Gasteiger partial charge in [-0.05, 0) is 30.9 Å². The zero-order chi connectivity index (χ0) is 14.7. The molecule has 1 N–H and O–H groups in total. The van der Waals surface area contributed by atoms with Crippen LogP contribution >= 0.6 is 0 Å². The first-order chi connectivity index (χ1) is 10.3. The minimum absolute atomic E-state index is 0.339. The molecule has 0 aromatic heterocycles. The summed E-state index contributed by atoms with van der Waals surface area (Å²) in [5.74, 6) is 1.72. The summed E-state index contributed by atoms with van der Waals surface area (Å²) in [6.45, 7) is 10.1. The molecule has 0 radical (unpaired) electrons. The quantitative estimate of drug-likeness (QED) is 0.921. The van der Waals surface area contributed by atoms with Gasteiger partial charge < -0.3 is 10.1 Å². The van der Waals surface area contributed by atoms with Gasteiger partial charge in [-0.2, -0.15) is 0 Å². The first-order valence-electron chi connectivity index (χ1n) is 8.46. The number of para-hydroxylation sites is 1. The van der Waals surface area contributed by atoms with Crippen molar-refractivity contribution < 1.29 is 4.74 Å². The maximum absolute atomic E-state index is 5.82. The Kier molecular flexibility index (Phi) is 4.51. The van der Waals surface area contributed by atoms with Gasteiger partial charge in [-0.25, -0.2) is 0 Å². The van der Waals surface area contributed by atoms with E-state index in [0.29, 0.717) is 11.5 Å². The fraction of sp³-hybridized carbons (Fsp3) is 0.667. The predicted molar refractivity (Wildman–Crippen MR) is 87.1 cm³/mol. The van der Waals surface area contributed by atoms with Gasteiger partial charge in [0.15, 0.2) is 0 Å². The third-order valence-corrected chi connectivity index (χ3v) is 5.52. The highest BCUT2D eigenvalue weighted by molar-refractivity contribution is 5.38. The number of fused-ring (bicyclic) bond motifs is 1. The zero-order valence-electron chi connectivity index (χ0n) is 13.4. The molecule has 1 aromatic carbocycles. The molecule has 2 aliphatic heterocycles. The van der Waals surface area contributed by atoms with Gasteiger partial charge in [-0.1, -0.05) is 32.0 Å². The van der Waals surface area contributed by atoms with Gasteiger partial charge in [0.25, 0.3) is 0 Å². The Labute approximate surface area is 128 Å². The lowest BCUT2D eigenvalue weighted by atomic mass is 9.85. The lowest BCUT2D eigenvalue weighted by Gasteiger charge is -2.48. The Bertz CT molecular complexity index is 470. The largest absolute Gasteiger partial charge is 0.493 e. The summed E-state index contributed by atoms with van der Waals surface area (Å²) in [6.07, 6.45) is 3.59. The number of hydrogen-bond donors (Lipinski definition) is 1. The summed E-state index contributed by atoms with van der Waals surface area (Å²) in [5.41, 5.74) is 1.74. The second-order valence-electron chi connectivity index (χ2n) is 6.43. The van der Waals surface area contributed by atoms with Crippen molar-refractivity contribution >= 4 is 0 Å². The van der Waals surface area contributed by atoms with Crippen molar-refractivity contribution in [2.24, 2.45) is 0 Å². The van der Waals surface area contributed by atoms with Crippen molar-refractivity contribution in [3.8, 4) is 5.75 Å². The number of nitrogens with zero attached hydrogens (tertiary/aromatic N) is 1. The number of rotatable bonds is 4. The third-order valence-electron chi connectivity index (χ3n) is 5.52. The van der Waals surface area contributed by atoms with E-state index in [1.54, 1.807) is 0 Å². The SMILES string of the molecule is CCC1(CC)CNCCN1CC1CCOc2ccccc21. The highest BCUT2D eigenvalue weighted by Crippen LogP contribution is 2.36. The summed E-state index contributed by atoms with van der Waals surface area (Å²) >= 11 is 0. The molecule has 116 valence electrons. The van der Waals surface area contributed by atoms with Crippen molar-refractivity contribution in [1.82, 2.24) is 10.2 Å². The average Bonchev–Trinajstić information content (AvgIpc) is 2.56. The number of piperazine rings is 1. The molecular formula is C18H28N2O. The molecule has 2 aliphatic rings. The van der Waals surface area contributed by atoms with Gasteiger partial charge >= 0.3 is 0 Å². The van der Waals surface area contributed by atoms with Crippen LogP contribution in [0.2, 0.25) is 0 Å². The van der Waals surface area contributed by atoms with Crippen molar-refractivity contribution in [1.29, 1.82) is 0 Å². The monoisotopic (exact) mass is 288 g/mol. The van der Waals surface area contributed by atoms with E-state index in [0.717, 1.165) is 31.9 Å². The number of ether oxygens (including phenoxy) is 1. The standard InChI is InChI=1S/C18H28N2O/c1-3-18(4-2)14-19-10-11-20(18)13-15-9-12-21-17-8-6-5-7-16(15)17/h5-8,15,19H,3-4,9-14H2,1-2H3. The number of nitrogens with one attached hydrogen (secondary N) is 1. The Morgan fingerprint density at radius 3 is 2.90 bits per heavy atom. The molecule has 1 atom stereocenters. The molecule has 3 heteroatoms. The first kappa shape index (κ1) is 14.9. The van der Waals surface area contributed by atoms with Crippen LogP contribution in [0.15, 0.2) is 24.3 Å². The third kappa shape index (κ3) is 2.82. The molecule has 1 aromatic rings. The number of hydrogen-bond acceptors (Lipinski definition) is 3. The molecule has 0 saturated carbocycles. The minimum Gasteiger partial charge on any atom is -0.493 e. The van der Waals surface area contributed by atoms with E-state index in [2.05, 4.69) is 48.3 Å². The van der Waals surface area contributed by atoms with Crippen LogP contribution in [0.5, 0.6) is 5.75 Å². The second kappa shape index (κ2) is 6.37. The van der Waals surface area contributed by atoms with E-state index < -0.39 is 0 Å². The van der Waals surface area contributed by atoms with E-state index in [4.69, 9.17) is 4.74 Å². The highest BCUT2D eigenvalue weighted by Gasteiger charge is 2.37. The van der Waals surface area contributed by atoms with Gasteiger partial charge in [0.2, 0.25) is 0 Å². The van der Waals surface area contributed by atoms with Crippen LogP contribution in [-0.4, -0.2) is 43.2 Å². The molecule has 3 rings (SSSR count). The Morgan fingerprint density at radius 2 is 2.10 bits per heavy atom. The molecule has 1 saturated heterocycles. The van der Waals surface area contributed by atoms with Gasteiger partial charge in [-0.3, -0.25) is 4.90 Å². The smallest absolute Gasteiger partial charge is 0.122 e.